The zero-order valence-corrected chi connectivity index (χ0v) is 14.9. The summed E-state index contributed by atoms with van der Waals surface area (Å²) in [7, 11) is 0. The van der Waals surface area contributed by atoms with Crippen LogP contribution in [0.25, 0.3) is 5.69 Å². The van der Waals surface area contributed by atoms with Gasteiger partial charge in [0.25, 0.3) is 5.91 Å². The maximum Gasteiger partial charge on any atom is 0.261 e. The van der Waals surface area contributed by atoms with Gasteiger partial charge in [0.05, 0.1) is 35.4 Å². The van der Waals surface area contributed by atoms with Crippen LogP contribution in [0.2, 0.25) is 0 Å². The first-order valence-corrected chi connectivity index (χ1v) is 8.86. The first kappa shape index (κ1) is 16.4. The van der Waals surface area contributed by atoms with Gasteiger partial charge in [-0.15, -0.1) is 0 Å². The first-order valence-electron chi connectivity index (χ1n) is 8.86. The van der Waals surface area contributed by atoms with Gasteiger partial charge in [0.2, 0.25) is 0 Å². The minimum atomic E-state index is -0.0427. The molecule has 0 saturated heterocycles. The Kier molecular flexibility index (Phi) is 4.21. The summed E-state index contributed by atoms with van der Waals surface area (Å²) >= 11 is 0. The summed E-state index contributed by atoms with van der Waals surface area (Å²) < 4.78 is 7.79. The van der Waals surface area contributed by atoms with E-state index in [-0.39, 0.29) is 12.0 Å². The smallest absolute Gasteiger partial charge is 0.261 e. The van der Waals surface area contributed by atoms with Gasteiger partial charge in [-0.2, -0.15) is 5.10 Å². The van der Waals surface area contributed by atoms with Crippen molar-refractivity contribution in [2.45, 2.75) is 26.4 Å². The van der Waals surface area contributed by atoms with Gasteiger partial charge in [0.15, 0.2) is 0 Å². The van der Waals surface area contributed by atoms with Crippen molar-refractivity contribution in [3.05, 3.63) is 72.1 Å². The third-order valence-electron chi connectivity index (χ3n) is 4.78. The number of carbonyl (C=O) groups excluding carboxylic acids is 1. The Bertz CT molecular complexity index is 933. The lowest BCUT2D eigenvalue weighted by atomic mass is 10.1. The van der Waals surface area contributed by atoms with Crippen molar-refractivity contribution >= 4 is 11.6 Å². The molecule has 1 amide bonds. The molecule has 0 saturated carbocycles. The van der Waals surface area contributed by atoms with Crippen LogP contribution in [0, 0.1) is 6.92 Å². The molecule has 0 fully saturated rings. The second-order valence-electron chi connectivity index (χ2n) is 6.42. The first-order chi connectivity index (χ1) is 12.7. The predicted octanol–water partition coefficient (Wildman–Crippen LogP) is 4.00. The maximum atomic E-state index is 13.3. The molecule has 0 spiro atoms. The Morgan fingerprint density at radius 2 is 1.88 bits per heavy atom. The van der Waals surface area contributed by atoms with Gasteiger partial charge >= 0.3 is 0 Å². The molecule has 0 radical (unpaired) electrons. The van der Waals surface area contributed by atoms with Crippen molar-refractivity contribution in [3.63, 3.8) is 0 Å². The summed E-state index contributed by atoms with van der Waals surface area (Å²) in [5, 5.41) is 4.43. The van der Waals surface area contributed by atoms with Crippen LogP contribution in [0.4, 0.5) is 5.69 Å². The molecule has 1 aliphatic rings. The van der Waals surface area contributed by atoms with Crippen LogP contribution in [0.5, 0.6) is 5.75 Å². The minimum Gasteiger partial charge on any atom is -0.486 e. The summed E-state index contributed by atoms with van der Waals surface area (Å²) in [4.78, 5) is 15.1. The Balaban J connectivity index is 1.71. The molecule has 0 N–H and O–H groups in total. The number of benzene rings is 2. The molecule has 1 aliphatic heterocycles. The molecule has 1 atom stereocenters. The maximum absolute atomic E-state index is 13.3. The van der Waals surface area contributed by atoms with Gasteiger partial charge in [-0.25, -0.2) is 4.68 Å². The molecule has 5 heteroatoms. The van der Waals surface area contributed by atoms with E-state index in [2.05, 4.69) is 12.0 Å². The van der Waals surface area contributed by atoms with E-state index in [1.165, 1.54) is 0 Å². The van der Waals surface area contributed by atoms with Crippen molar-refractivity contribution in [1.82, 2.24) is 9.78 Å². The average molecular weight is 347 g/mol. The molecule has 26 heavy (non-hydrogen) atoms. The van der Waals surface area contributed by atoms with Crippen LogP contribution in [0.3, 0.4) is 0 Å². The second kappa shape index (κ2) is 6.67. The quantitative estimate of drug-likeness (QED) is 0.719. The normalized spacial score (nSPS) is 16.1. The molecule has 3 aromatic rings. The van der Waals surface area contributed by atoms with Crippen LogP contribution in [0.1, 0.15) is 29.4 Å². The van der Waals surface area contributed by atoms with E-state index in [0.717, 1.165) is 29.2 Å². The van der Waals surface area contributed by atoms with Crippen molar-refractivity contribution in [2.75, 3.05) is 11.4 Å². The molecule has 1 aromatic heterocycles. The van der Waals surface area contributed by atoms with Gasteiger partial charge in [-0.3, -0.25) is 4.79 Å². The number of para-hydroxylation sites is 3. The number of aromatic nitrogens is 2. The topological polar surface area (TPSA) is 47.4 Å². The van der Waals surface area contributed by atoms with E-state index >= 15 is 0 Å². The predicted molar refractivity (Wildman–Crippen MR) is 101 cm³/mol. The summed E-state index contributed by atoms with van der Waals surface area (Å²) in [6, 6.07) is 17.5. The lowest BCUT2D eigenvalue weighted by molar-refractivity contribution is 0.0954. The van der Waals surface area contributed by atoms with Crippen LogP contribution in [-0.2, 0) is 0 Å². The molecule has 2 aromatic carbocycles. The Hall–Kier alpha value is -3.08. The molecule has 0 bridgehead atoms. The fourth-order valence-electron chi connectivity index (χ4n) is 3.30. The lowest BCUT2D eigenvalue weighted by Gasteiger charge is -2.34. The Morgan fingerprint density at radius 3 is 2.65 bits per heavy atom. The zero-order valence-electron chi connectivity index (χ0n) is 14.9. The monoisotopic (exact) mass is 347 g/mol. The third kappa shape index (κ3) is 2.75. The standard InChI is InChI=1S/C21H21N3O2/c1-3-17-14-23(19-11-7-8-12-20(19)26-17)21(25)18-13-22-24(15(18)2)16-9-5-4-6-10-16/h4-13,17H,3,14H2,1-2H3. The summed E-state index contributed by atoms with van der Waals surface area (Å²) in [5.41, 5.74) is 3.20. The Labute approximate surface area is 152 Å². The number of carbonyl (C=O) groups is 1. The van der Waals surface area contributed by atoms with E-state index in [1.807, 2.05) is 66.4 Å². The van der Waals surface area contributed by atoms with E-state index in [1.54, 1.807) is 10.9 Å². The molecule has 1 unspecified atom stereocenters. The molecular formula is C21H21N3O2. The van der Waals surface area contributed by atoms with Crippen molar-refractivity contribution < 1.29 is 9.53 Å². The number of ether oxygens (including phenoxy) is 1. The van der Waals surface area contributed by atoms with Gasteiger partial charge in [0, 0.05) is 0 Å². The number of amides is 1. The Morgan fingerprint density at radius 1 is 1.15 bits per heavy atom. The fourth-order valence-corrected chi connectivity index (χ4v) is 3.30. The summed E-state index contributed by atoms with van der Waals surface area (Å²) in [6.45, 7) is 4.54. The van der Waals surface area contributed by atoms with Crippen molar-refractivity contribution in [2.24, 2.45) is 0 Å². The van der Waals surface area contributed by atoms with Crippen LogP contribution >= 0.6 is 0 Å². The van der Waals surface area contributed by atoms with E-state index in [9.17, 15) is 4.79 Å². The highest BCUT2D eigenvalue weighted by Crippen LogP contribution is 2.35. The highest BCUT2D eigenvalue weighted by molar-refractivity contribution is 6.07. The SMILES string of the molecule is CCC1CN(C(=O)c2cnn(-c3ccccc3)c2C)c2ccccc2O1. The number of anilines is 1. The van der Waals surface area contributed by atoms with E-state index in [4.69, 9.17) is 4.74 Å². The largest absolute Gasteiger partial charge is 0.486 e. The van der Waals surface area contributed by atoms with Crippen LogP contribution in [-0.4, -0.2) is 28.3 Å². The van der Waals surface area contributed by atoms with E-state index < -0.39 is 0 Å². The fraction of sp³-hybridized carbons (Fsp3) is 0.238. The zero-order chi connectivity index (χ0) is 18.1. The summed E-state index contributed by atoms with van der Waals surface area (Å²) in [6.07, 6.45) is 2.50. The molecule has 5 nitrogen and oxygen atoms in total. The van der Waals surface area contributed by atoms with Gasteiger partial charge in [-0.1, -0.05) is 37.3 Å². The number of nitrogens with zero attached hydrogens (tertiary/aromatic N) is 3. The number of fused-ring (bicyclic) bond motifs is 1. The molecule has 132 valence electrons. The number of hydrogen-bond acceptors (Lipinski definition) is 3. The average Bonchev–Trinajstić information content (AvgIpc) is 3.08. The van der Waals surface area contributed by atoms with Gasteiger partial charge in [0.1, 0.15) is 11.9 Å². The highest BCUT2D eigenvalue weighted by atomic mass is 16.5. The third-order valence-corrected chi connectivity index (χ3v) is 4.78. The summed E-state index contributed by atoms with van der Waals surface area (Å²) in [5.74, 6) is 0.714. The minimum absolute atomic E-state index is 0.00155. The van der Waals surface area contributed by atoms with Crippen molar-refractivity contribution in [3.8, 4) is 11.4 Å². The van der Waals surface area contributed by atoms with Gasteiger partial charge in [-0.05, 0) is 37.6 Å². The molecule has 4 rings (SSSR count). The number of rotatable bonds is 3. The van der Waals surface area contributed by atoms with Gasteiger partial charge < -0.3 is 9.64 Å². The number of hydrogen-bond donors (Lipinski definition) is 0. The molecule has 0 aliphatic carbocycles. The lowest BCUT2D eigenvalue weighted by Crippen LogP contribution is -2.43. The van der Waals surface area contributed by atoms with Crippen LogP contribution < -0.4 is 9.64 Å². The second-order valence-corrected chi connectivity index (χ2v) is 6.42. The van der Waals surface area contributed by atoms with Crippen molar-refractivity contribution in [1.29, 1.82) is 0 Å². The molecule has 2 heterocycles. The van der Waals surface area contributed by atoms with E-state index in [0.29, 0.717) is 12.1 Å². The molecular weight excluding hydrogens is 326 g/mol. The highest BCUT2D eigenvalue weighted by Gasteiger charge is 2.31. The van der Waals surface area contributed by atoms with Crippen LogP contribution in [0.15, 0.2) is 60.8 Å².